The van der Waals surface area contributed by atoms with E-state index >= 15 is 0 Å². The van der Waals surface area contributed by atoms with E-state index in [4.69, 9.17) is 4.74 Å². The average Bonchev–Trinajstić information content (AvgIpc) is 3.13. The molecule has 1 heteroatoms. The van der Waals surface area contributed by atoms with E-state index in [0.29, 0.717) is 6.10 Å². The SMILES string of the molecule is C=CCOC1CC2CC1C1C3CC(C4CC=CC43)C21. The highest BCUT2D eigenvalue weighted by atomic mass is 16.5. The second-order valence-electron chi connectivity index (χ2n) is 7.68. The normalized spacial score (nSPS) is 59.7. The Bertz CT molecular complexity index is 439. The lowest BCUT2D eigenvalue weighted by molar-refractivity contribution is -0.0308. The molecule has 0 saturated heterocycles. The van der Waals surface area contributed by atoms with E-state index in [0.717, 1.165) is 54.0 Å². The average molecular weight is 256 g/mol. The van der Waals surface area contributed by atoms with Crippen molar-refractivity contribution in [3.05, 3.63) is 24.8 Å². The third-order valence-corrected chi connectivity index (χ3v) is 7.34. The zero-order chi connectivity index (χ0) is 12.6. The van der Waals surface area contributed by atoms with Crippen LogP contribution in [0.15, 0.2) is 24.8 Å². The summed E-state index contributed by atoms with van der Waals surface area (Å²) < 4.78 is 6.08. The zero-order valence-electron chi connectivity index (χ0n) is 11.6. The molecule has 4 bridgehead atoms. The first kappa shape index (κ1) is 11.1. The van der Waals surface area contributed by atoms with Crippen LogP contribution in [0.25, 0.3) is 0 Å². The van der Waals surface area contributed by atoms with Gasteiger partial charge in [0.25, 0.3) is 0 Å². The summed E-state index contributed by atoms with van der Waals surface area (Å²) in [6.07, 6.45) is 13.3. The van der Waals surface area contributed by atoms with Gasteiger partial charge in [0.2, 0.25) is 0 Å². The van der Waals surface area contributed by atoms with Crippen LogP contribution in [0.3, 0.4) is 0 Å². The van der Waals surface area contributed by atoms with Crippen molar-refractivity contribution >= 4 is 0 Å². The summed E-state index contributed by atoms with van der Waals surface area (Å²) in [5.74, 6) is 8.07. The number of fused-ring (bicyclic) bond motifs is 12. The lowest BCUT2D eigenvalue weighted by Crippen LogP contribution is -2.41. The van der Waals surface area contributed by atoms with Crippen LogP contribution < -0.4 is 0 Å². The van der Waals surface area contributed by atoms with E-state index < -0.39 is 0 Å². The number of ether oxygens (including phenoxy) is 1. The fourth-order valence-electron chi connectivity index (χ4n) is 7.13. The van der Waals surface area contributed by atoms with E-state index in [9.17, 15) is 0 Å². The number of rotatable bonds is 3. The Morgan fingerprint density at radius 3 is 2.89 bits per heavy atom. The fourth-order valence-corrected chi connectivity index (χ4v) is 7.13. The van der Waals surface area contributed by atoms with Gasteiger partial charge in [0, 0.05) is 0 Å². The summed E-state index contributed by atoms with van der Waals surface area (Å²) in [6.45, 7) is 4.55. The van der Waals surface area contributed by atoms with Gasteiger partial charge in [-0.2, -0.15) is 0 Å². The number of hydrogen-bond acceptors (Lipinski definition) is 1. The van der Waals surface area contributed by atoms with Gasteiger partial charge in [-0.05, 0) is 73.0 Å². The predicted molar refractivity (Wildman–Crippen MR) is 75.5 cm³/mol. The molecule has 5 rings (SSSR count). The van der Waals surface area contributed by atoms with Gasteiger partial charge in [0.15, 0.2) is 0 Å². The molecule has 4 saturated carbocycles. The highest BCUT2D eigenvalue weighted by molar-refractivity contribution is 5.21. The molecule has 0 aromatic carbocycles. The van der Waals surface area contributed by atoms with Crippen LogP contribution in [0.2, 0.25) is 0 Å². The molecule has 102 valence electrons. The van der Waals surface area contributed by atoms with Crippen LogP contribution in [-0.2, 0) is 4.74 Å². The predicted octanol–water partition coefficient (Wildman–Crippen LogP) is 3.67. The molecule has 0 heterocycles. The standard InChI is InChI=1S/C18H24O/c1-2-6-19-16-8-10-7-15(16)18-14-9-13(17(10)18)11-4-3-5-12(11)14/h2-3,5,10-18H,1,4,6-9H2. The van der Waals surface area contributed by atoms with Gasteiger partial charge < -0.3 is 4.74 Å². The molecule has 0 aliphatic heterocycles. The van der Waals surface area contributed by atoms with Crippen LogP contribution in [0.4, 0.5) is 0 Å². The van der Waals surface area contributed by atoms with Gasteiger partial charge in [-0.3, -0.25) is 0 Å². The molecule has 5 aliphatic carbocycles. The molecule has 19 heavy (non-hydrogen) atoms. The van der Waals surface area contributed by atoms with Gasteiger partial charge in [-0.15, -0.1) is 6.58 Å². The minimum Gasteiger partial charge on any atom is -0.374 e. The maximum Gasteiger partial charge on any atom is 0.0648 e. The van der Waals surface area contributed by atoms with Crippen molar-refractivity contribution in [2.75, 3.05) is 6.61 Å². The highest BCUT2D eigenvalue weighted by Crippen LogP contribution is 2.72. The smallest absolute Gasteiger partial charge is 0.0648 e. The Labute approximate surface area is 116 Å². The molecule has 0 aromatic heterocycles. The Morgan fingerprint density at radius 2 is 2.00 bits per heavy atom. The van der Waals surface area contributed by atoms with Crippen molar-refractivity contribution in [3.63, 3.8) is 0 Å². The summed E-state index contributed by atoms with van der Waals surface area (Å²) in [5.41, 5.74) is 0. The van der Waals surface area contributed by atoms with E-state index in [-0.39, 0.29) is 0 Å². The lowest BCUT2D eigenvalue weighted by atomic mass is 9.63. The van der Waals surface area contributed by atoms with Crippen molar-refractivity contribution < 1.29 is 4.74 Å². The molecule has 9 unspecified atom stereocenters. The molecule has 4 fully saturated rings. The molecule has 0 aromatic rings. The van der Waals surface area contributed by atoms with Gasteiger partial charge >= 0.3 is 0 Å². The molecule has 1 nitrogen and oxygen atoms in total. The van der Waals surface area contributed by atoms with Crippen molar-refractivity contribution in [1.82, 2.24) is 0 Å². The largest absolute Gasteiger partial charge is 0.374 e. The third-order valence-electron chi connectivity index (χ3n) is 7.34. The van der Waals surface area contributed by atoms with Crippen molar-refractivity contribution in [1.29, 1.82) is 0 Å². The maximum absolute atomic E-state index is 6.08. The van der Waals surface area contributed by atoms with E-state index in [2.05, 4.69) is 18.7 Å². The van der Waals surface area contributed by atoms with Gasteiger partial charge in [-0.1, -0.05) is 18.2 Å². The quantitative estimate of drug-likeness (QED) is 0.553. The molecule has 0 spiro atoms. The highest BCUT2D eigenvalue weighted by Gasteiger charge is 2.67. The van der Waals surface area contributed by atoms with Crippen LogP contribution in [0.5, 0.6) is 0 Å². The molecule has 0 N–H and O–H groups in total. The fraction of sp³-hybridized carbons (Fsp3) is 0.778. The second-order valence-corrected chi connectivity index (χ2v) is 7.68. The van der Waals surface area contributed by atoms with Crippen LogP contribution in [-0.4, -0.2) is 12.7 Å². The van der Waals surface area contributed by atoms with Crippen LogP contribution in [0.1, 0.15) is 25.7 Å². The van der Waals surface area contributed by atoms with Crippen molar-refractivity contribution in [3.8, 4) is 0 Å². The Kier molecular flexibility index (Phi) is 2.20. The summed E-state index contributed by atoms with van der Waals surface area (Å²) in [6, 6.07) is 0. The Balaban J connectivity index is 1.43. The summed E-state index contributed by atoms with van der Waals surface area (Å²) in [7, 11) is 0. The summed E-state index contributed by atoms with van der Waals surface area (Å²) >= 11 is 0. The molecular formula is C18H24O. The minimum atomic E-state index is 0.562. The molecule has 5 aliphatic rings. The second kappa shape index (κ2) is 3.75. The lowest BCUT2D eigenvalue weighted by Gasteiger charge is -2.43. The molecule has 0 amide bonds. The number of allylic oxidation sites excluding steroid dienone is 2. The van der Waals surface area contributed by atoms with Gasteiger partial charge in [0.05, 0.1) is 12.7 Å². The topological polar surface area (TPSA) is 9.23 Å². The number of hydrogen-bond donors (Lipinski definition) is 0. The monoisotopic (exact) mass is 256 g/mol. The molecule has 9 atom stereocenters. The minimum absolute atomic E-state index is 0.562. The van der Waals surface area contributed by atoms with Crippen LogP contribution >= 0.6 is 0 Å². The van der Waals surface area contributed by atoms with E-state index in [1.807, 2.05) is 6.08 Å². The first-order valence-electron chi connectivity index (χ1n) is 8.27. The van der Waals surface area contributed by atoms with Crippen molar-refractivity contribution in [2.24, 2.45) is 47.3 Å². The van der Waals surface area contributed by atoms with Crippen molar-refractivity contribution in [2.45, 2.75) is 31.8 Å². The Hall–Kier alpha value is -0.560. The first-order valence-corrected chi connectivity index (χ1v) is 8.27. The zero-order valence-corrected chi connectivity index (χ0v) is 11.6. The summed E-state index contributed by atoms with van der Waals surface area (Å²) in [5, 5.41) is 0. The van der Waals surface area contributed by atoms with Gasteiger partial charge in [0.1, 0.15) is 0 Å². The molecular weight excluding hydrogens is 232 g/mol. The van der Waals surface area contributed by atoms with E-state index in [1.165, 1.54) is 19.3 Å². The molecule has 0 radical (unpaired) electrons. The maximum atomic E-state index is 6.08. The van der Waals surface area contributed by atoms with Crippen LogP contribution in [0, 0.1) is 47.3 Å². The third kappa shape index (κ3) is 1.26. The summed E-state index contributed by atoms with van der Waals surface area (Å²) in [4.78, 5) is 0. The first-order chi connectivity index (χ1) is 9.38. The van der Waals surface area contributed by atoms with Gasteiger partial charge in [-0.25, -0.2) is 0 Å². The Morgan fingerprint density at radius 1 is 1.05 bits per heavy atom. The van der Waals surface area contributed by atoms with E-state index in [1.54, 1.807) is 6.42 Å².